The van der Waals surface area contributed by atoms with Crippen molar-refractivity contribution in [2.75, 3.05) is 11.6 Å². The number of sulfone groups is 1. The highest BCUT2D eigenvalue weighted by molar-refractivity contribution is 7.90. The van der Waals surface area contributed by atoms with Gasteiger partial charge in [-0.25, -0.2) is 13.4 Å². The number of nitrogens with zero attached hydrogens (tertiary/aromatic N) is 1. The first-order valence-electron chi connectivity index (χ1n) is 6.77. The number of thiophene rings is 1. The molecule has 1 N–H and O–H groups in total. The molecule has 25 heavy (non-hydrogen) atoms. The van der Waals surface area contributed by atoms with Crippen LogP contribution in [0.3, 0.4) is 0 Å². The van der Waals surface area contributed by atoms with E-state index in [1.807, 2.05) is 0 Å². The Labute approximate surface area is 162 Å². The molecular weight excluding hydrogens is 423 g/mol. The van der Waals surface area contributed by atoms with E-state index >= 15 is 0 Å². The molecule has 0 aliphatic carbocycles. The van der Waals surface area contributed by atoms with E-state index in [1.165, 1.54) is 34.8 Å². The van der Waals surface area contributed by atoms with Crippen LogP contribution in [0, 0.1) is 0 Å². The molecular formula is C15H10Cl2N2O3S3. The maximum atomic E-state index is 12.4. The summed E-state index contributed by atoms with van der Waals surface area (Å²) in [5, 5.41) is 4.69. The highest BCUT2D eigenvalue weighted by atomic mass is 35.5. The van der Waals surface area contributed by atoms with Gasteiger partial charge < -0.3 is 0 Å². The van der Waals surface area contributed by atoms with Crippen molar-refractivity contribution < 1.29 is 13.2 Å². The lowest BCUT2D eigenvalue weighted by Gasteiger charge is -2.06. The minimum Gasteiger partial charge on any atom is -0.298 e. The number of halogens is 2. The zero-order valence-electron chi connectivity index (χ0n) is 12.6. The second-order valence-electron chi connectivity index (χ2n) is 5.00. The van der Waals surface area contributed by atoms with Gasteiger partial charge in [0, 0.05) is 17.2 Å². The van der Waals surface area contributed by atoms with Crippen LogP contribution in [0.4, 0.5) is 5.13 Å². The van der Waals surface area contributed by atoms with Crippen LogP contribution in [0.25, 0.3) is 11.3 Å². The third-order valence-corrected chi connectivity index (χ3v) is 6.59. The number of thiazole rings is 1. The van der Waals surface area contributed by atoms with E-state index in [0.717, 1.165) is 6.26 Å². The largest absolute Gasteiger partial charge is 0.298 e. The van der Waals surface area contributed by atoms with Crippen molar-refractivity contribution in [3.63, 3.8) is 0 Å². The lowest BCUT2D eigenvalue weighted by atomic mass is 10.2. The van der Waals surface area contributed by atoms with Crippen molar-refractivity contribution in [1.29, 1.82) is 0 Å². The summed E-state index contributed by atoms with van der Waals surface area (Å²) < 4.78 is 24.7. The van der Waals surface area contributed by atoms with Crippen LogP contribution in [0.15, 0.2) is 40.6 Å². The van der Waals surface area contributed by atoms with Crippen LogP contribution in [0.1, 0.15) is 10.4 Å². The van der Waals surface area contributed by atoms with E-state index in [2.05, 4.69) is 10.3 Å². The Bertz CT molecular complexity index is 1060. The molecule has 2 aromatic heterocycles. The summed E-state index contributed by atoms with van der Waals surface area (Å²) in [4.78, 5) is 16.7. The molecule has 2 heterocycles. The van der Waals surface area contributed by atoms with Crippen molar-refractivity contribution in [2.45, 2.75) is 4.90 Å². The maximum absolute atomic E-state index is 12.4. The van der Waals surface area contributed by atoms with Crippen LogP contribution < -0.4 is 5.32 Å². The van der Waals surface area contributed by atoms with Gasteiger partial charge in [0.15, 0.2) is 15.0 Å². The molecule has 0 saturated carbocycles. The Morgan fingerprint density at radius 1 is 1.24 bits per heavy atom. The number of nitrogens with one attached hydrogen (secondary N) is 1. The fourth-order valence-corrected chi connectivity index (χ4v) is 5.18. The van der Waals surface area contributed by atoms with Gasteiger partial charge in [0.1, 0.15) is 4.34 Å². The zero-order valence-corrected chi connectivity index (χ0v) is 16.6. The first-order chi connectivity index (χ1) is 11.8. The summed E-state index contributed by atoms with van der Waals surface area (Å²) in [5.74, 6) is -0.545. The lowest BCUT2D eigenvalue weighted by Crippen LogP contribution is -2.15. The molecule has 0 spiro atoms. The SMILES string of the molecule is CS(=O)(=O)c1ccccc1C(=O)Nc1nc(-c2cc(Cl)sc2Cl)cs1. The smallest absolute Gasteiger partial charge is 0.258 e. The first-order valence-corrected chi connectivity index (χ1v) is 11.1. The van der Waals surface area contributed by atoms with Gasteiger partial charge >= 0.3 is 0 Å². The topological polar surface area (TPSA) is 76.1 Å². The molecule has 0 aliphatic rings. The van der Waals surface area contributed by atoms with Crippen molar-refractivity contribution in [3.8, 4) is 11.3 Å². The molecule has 0 fully saturated rings. The number of carbonyl (C=O) groups is 1. The van der Waals surface area contributed by atoms with Gasteiger partial charge in [-0.2, -0.15) is 0 Å². The average Bonchev–Trinajstić information content (AvgIpc) is 3.12. The highest BCUT2D eigenvalue weighted by Crippen LogP contribution is 2.39. The number of rotatable bonds is 4. The molecule has 0 bridgehead atoms. The number of hydrogen-bond acceptors (Lipinski definition) is 6. The number of amides is 1. The highest BCUT2D eigenvalue weighted by Gasteiger charge is 2.19. The molecule has 5 nitrogen and oxygen atoms in total. The van der Waals surface area contributed by atoms with E-state index in [0.29, 0.717) is 25.1 Å². The Hall–Kier alpha value is -1.45. The summed E-state index contributed by atoms with van der Waals surface area (Å²) in [6, 6.07) is 7.72. The number of hydrogen-bond donors (Lipinski definition) is 1. The summed E-state index contributed by atoms with van der Waals surface area (Å²) >= 11 is 14.5. The monoisotopic (exact) mass is 432 g/mol. The predicted molar refractivity (Wildman–Crippen MR) is 103 cm³/mol. The van der Waals surface area contributed by atoms with Crippen LogP contribution in [-0.2, 0) is 9.84 Å². The molecule has 0 radical (unpaired) electrons. The third kappa shape index (κ3) is 4.04. The molecule has 0 saturated heterocycles. The van der Waals surface area contributed by atoms with E-state index in [4.69, 9.17) is 23.2 Å². The third-order valence-electron chi connectivity index (χ3n) is 3.19. The lowest BCUT2D eigenvalue weighted by molar-refractivity contribution is 0.102. The molecule has 3 rings (SSSR count). The second-order valence-corrected chi connectivity index (χ2v) is 10.1. The molecule has 3 aromatic rings. The Morgan fingerprint density at radius 3 is 2.60 bits per heavy atom. The fraction of sp³-hybridized carbons (Fsp3) is 0.0667. The Morgan fingerprint density at radius 2 is 1.96 bits per heavy atom. The van der Waals surface area contributed by atoms with E-state index in [-0.39, 0.29) is 10.5 Å². The van der Waals surface area contributed by atoms with Gasteiger partial charge in [-0.15, -0.1) is 22.7 Å². The Balaban J connectivity index is 1.87. The van der Waals surface area contributed by atoms with Crippen molar-refractivity contribution in [2.24, 2.45) is 0 Å². The number of aromatic nitrogens is 1. The van der Waals surface area contributed by atoms with Gasteiger partial charge in [-0.3, -0.25) is 10.1 Å². The fourth-order valence-electron chi connectivity index (χ4n) is 2.11. The van der Waals surface area contributed by atoms with Gasteiger partial charge in [0.25, 0.3) is 5.91 Å². The van der Waals surface area contributed by atoms with Crippen LogP contribution in [0.5, 0.6) is 0 Å². The quantitative estimate of drug-likeness (QED) is 0.639. The summed E-state index contributed by atoms with van der Waals surface area (Å²) in [6.07, 6.45) is 1.06. The maximum Gasteiger partial charge on any atom is 0.258 e. The van der Waals surface area contributed by atoms with Gasteiger partial charge in [0.05, 0.1) is 20.5 Å². The Kier molecular flexibility index (Phi) is 5.17. The number of carbonyl (C=O) groups excluding carboxylic acids is 1. The molecule has 1 aromatic carbocycles. The van der Waals surface area contributed by atoms with E-state index in [9.17, 15) is 13.2 Å². The normalized spacial score (nSPS) is 11.5. The van der Waals surface area contributed by atoms with E-state index in [1.54, 1.807) is 23.6 Å². The molecule has 1 amide bonds. The minimum atomic E-state index is -3.52. The average molecular weight is 433 g/mol. The van der Waals surface area contributed by atoms with Crippen LogP contribution in [-0.4, -0.2) is 25.6 Å². The second kappa shape index (κ2) is 7.05. The molecule has 130 valence electrons. The standard InChI is InChI=1S/C15H10Cl2N2O3S3/c1-25(21,22)11-5-3-2-4-8(11)14(20)19-15-18-10(7-23-15)9-6-12(16)24-13(9)17/h2-7H,1H3,(H,18,19,20). The predicted octanol–water partition coefficient (Wildman–Crippen LogP) is 4.83. The number of anilines is 1. The molecule has 0 atom stereocenters. The minimum absolute atomic E-state index is 0.0306. The molecule has 0 aliphatic heterocycles. The first kappa shape index (κ1) is 18.3. The summed E-state index contributed by atoms with van der Waals surface area (Å²) in [5.41, 5.74) is 1.34. The van der Waals surface area contributed by atoms with Crippen LogP contribution >= 0.6 is 45.9 Å². The van der Waals surface area contributed by atoms with Crippen molar-refractivity contribution in [3.05, 3.63) is 49.9 Å². The summed E-state index contributed by atoms with van der Waals surface area (Å²) in [7, 11) is -3.52. The summed E-state index contributed by atoms with van der Waals surface area (Å²) in [6.45, 7) is 0. The van der Waals surface area contributed by atoms with Gasteiger partial charge in [0.2, 0.25) is 0 Å². The van der Waals surface area contributed by atoms with Crippen molar-refractivity contribution in [1.82, 2.24) is 4.98 Å². The van der Waals surface area contributed by atoms with Gasteiger partial charge in [-0.05, 0) is 18.2 Å². The molecule has 0 unspecified atom stereocenters. The van der Waals surface area contributed by atoms with E-state index < -0.39 is 15.7 Å². The van der Waals surface area contributed by atoms with Crippen LogP contribution in [0.2, 0.25) is 8.67 Å². The zero-order chi connectivity index (χ0) is 18.2. The van der Waals surface area contributed by atoms with Crippen molar-refractivity contribution >= 4 is 66.8 Å². The molecule has 10 heteroatoms. The number of benzene rings is 1. The van der Waals surface area contributed by atoms with Gasteiger partial charge in [-0.1, -0.05) is 35.3 Å².